The molecule has 1 heterocycles. The van der Waals surface area contributed by atoms with Gasteiger partial charge in [-0.15, -0.1) is 0 Å². The zero-order valence-electron chi connectivity index (χ0n) is 11.7. The minimum Gasteiger partial charge on any atom is -0.243 e. The van der Waals surface area contributed by atoms with Crippen molar-refractivity contribution in [2.75, 3.05) is 0 Å². The van der Waals surface area contributed by atoms with Gasteiger partial charge in [0.05, 0.1) is 10.5 Å². The fraction of sp³-hybridized carbons (Fsp3) is 0.118. The molecular formula is C17H10BrClF3N. The van der Waals surface area contributed by atoms with Crippen LogP contribution < -0.4 is 0 Å². The molecule has 6 heteroatoms. The third kappa shape index (κ3) is 3.35. The average molecular weight is 401 g/mol. The van der Waals surface area contributed by atoms with Crippen LogP contribution in [-0.2, 0) is 12.6 Å². The number of fused-ring (bicyclic) bond motifs is 1. The molecule has 23 heavy (non-hydrogen) atoms. The first kappa shape index (κ1) is 16.3. The molecule has 1 aromatic heterocycles. The lowest BCUT2D eigenvalue weighted by Crippen LogP contribution is -2.13. The summed E-state index contributed by atoms with van der Waals surface area (Å²) in [5, 5.41) is 0.590. The molecule has 0 aliphatic rings. The third-order valence-corrected chi connectivity index (χ3v) is 4.40. The fourth-order valence-corrected chi connectivity index (χ4v) is 3.10. The van der Waals surface area contributed by atoms with Crippen LogP contribution in [0.25, 0.3) is 10.9 Å². The average Bonchev–Trinajstić information content (AvgIpc) is 2.50. The molecule has 0 amide bonds. The van der Waals surface area contributed by atoms with Gasteiger partial charge in [0.25, 0.3) is 0 Å². The monoisotopic (exact) mass is 399 g/mol. The van der Waals surface area contributed by atoms with Crippen LogP contribution in [0.15, 0.2) is 53.0 Å². The van der Waals surface area contributed by atoms with Crippen molar-refractivity contribution >= 4 is 38.4 Å². The number of alkyl halides is 3. The Morgan fingerprint density at radius 1 is 1.04 bits per heavy atom. The standard InChI is InChI=1S/C17H10BrClF3N/c18-11-6-7-14-12(9-11)15(19)13(16(23-14)17(20,21)22)8-10-4-2-1-3-5-10/h1-7,9H,8H2. The Kier molecular flexibility index (Phi) is 4.34. The Hall–Kier alpha value is -1.59. The zero-order valence-corrected chi connectivity index (χ0v) is 14.0. The lowest BCUT2D eigenvalue weighted by Gasteiger charge is -2.16. The number of aromatic nitrogens is 1. The molecule has 0 aliphatic carbocycles. The van der Waals surface area contributed by atoms with E-state index in [1.807, 2.05) is 6.07 Å². The van der Waals surface area contributed by atoms with Gasteiger partial charge >= 0.3 is 6.18 Å². The number of hydrogen-bond donors (Lipinski definition) is 0. The van der Waals surface area contributed by atoms with Gasteiger partial charge in [-0.1, -0.05) is 57.9 Å². The van der Waals surface area contributed by atoms with E-state index in [0.717, 1.165) is 10.0 Å². The van der Waals surface area contributed by atoms with Crippen molar-refractivity contribution < 1.29 is 13.2 Å². The smallest absolute Gasteiger partial charge is 0.243 e. The highest BCUT2D eigenvalue weighted by molar-refractivity contribution is 9.10. The number of nitrogens with zero attached hydrogens (tertiary/aromatic N) is 1. The van der Waals surface area contributed by atoms with E-state index in [1.165, 1.54) is 6.07 Å². The van der Waals surface area contributed by atoms with Crippen molar-refractivity contribution in [3.63, 3.8) is 0 Å². The highest BCUT2D eigenvalue weighted by Gasteiger charge is 2.37. The van der Waals surface area contributed by atoms with Gasteiger partial charge in [0.2, 0.25) is 0 Å². The van der Waals surface area contributed by atoms with E-state index in [9.17, 15) is 13.2 Å². The van der Waals surface area contributed by atoms with Gasteiger partial charge in [-0.3, -0.25) is 0 Å². The summed E-state index contributed by atoms with van der Waals surface area (Å²) in [6, 6.07) is 13.7. The number of pyridine rings is 1. The maximum atomic E-state index is 13.4. The van der Waals surface area contributed by atoms with Gasteiger partial charge < -0.3 is 0 Å². The normalized spacial score (nSPS) is 11.9. The van der Waals surface area contributed by atoms with Crippen LogP contribution in [0.2, 0.25) is 5.02 Å². The Bertz CT molecular complexity index is 863. The summed E-state index contributed by atoms with van der Waals surface area (Å²) >= 11 is 9.62. The van der Waals surface area contributed by atoms with E-state index >= 15 is 0 Å². The summed E-state index contributed by atoms with van der Waals surface area (Å²) < 4.78 is 41.0. The number of benzene rings is 2. The molecule has 0 saturated carbocycles. The Morgan fingerprint density at radius 3 is 2.39 bits per heavy atom. The quantitative estimate of drug-likeness (QED) is 0.495. The first-order valence-corrected chi connectivity index (χ1v) is 7.92. The lowest BCUT2D eigenvalue weighted by atomic mass is 10.0. The van der Waals surface area contributed by atoms with Crippen LogP contribution in [0.3, 0.4) is 0 Å². The summed E-state index contributed by atoms with van der Waals surface area (Å²) in [6.45, 7) is 0. The van der Waals surface area contributed by atoms with Crippen molar-refractivity contribution in [2.45, 2.75) is 12.6 Å². The lowest BCUT2D eigenvalue weighted by molar-refractivity contribution is -0.141. The molecule has 0 unspecified atom stereocenters. The van der Waals surface area contributed by atoms with E-state index in [2.05, 4.69) is 20.9 Å². The first-order valence-electron chi connectivity index (χ1n) is 6.75. The van der Waals surface area contributed by atoms with Crippen molar-refractivity contribution in [1.29, 1.82) is 0 Å². The summed E-state index contributed by atoms with van der Waals surface area (Å²) in [7, 11) is 0. The molecular weight excluding hydrogens is 391 g/mol. The van der Waals surface area contributed by atoms with Gasteiger partial charge in [-0.2, -0.15) is 13.2 Å². The van der Waals surface area contributed by atoms with Crippen LogP contribution in [0.4, 0.5) is 13.2 Å². The van der Waals surface area contributed by atoms with Crippen molar-refractivity contribution in [3.05, 3.63) is 74.8 Å². The molecule has 0 spiro atoms. The van der Waals surface area contributed by atoms with E-state index in [4.69, 9.17) is 11.6 Å². The third-order valence-electron chi connectivity index (χ3n) is 3.47. The topological polar surface area (TPSA) is 12.9 Å². The SMILES string of the molecule is FC(F)(F)c1nc2ccc(Br)cc2c(Cl)c1Cc1ccccc1. The Labute approximate surface area is 144 Å². The van der Waals surface area contributed by atoms with Crippen molar-refractivity contribution in [3.8, 4) is 0 Å². The second-order valence-electron chi connectivity index (χ2n) is 5.07. The molecule has 0 bridgehead atoms. The largest absolute Gasteiger partial charge is 0.433 e. The molecule has 0 fully saturated rings. The van der Waals surface area contributed by atoms with E-state index in [-0.39, 0.29) is 22.5 Å². The van der Waals surface area contributed by atoms with Gasteiger partial charge in [0, 0.05) is 21.8 Å². The second-order valence-corrected chi connectivity index (χ2v) is 6.37. The molecule has 0 atom stereocenters. The maximum Gasteiger partial charge on any atom is 0.433 e. The molecule has 3 rings (SSSR count). The summed E-state index contributed by atoms with van der Waals surface area (Å²) in [6.07, 6.45) is -4.49. The van der Waals surface area contributed by atoms with Crippen LogP contribution in [0, 0.1) is 0 Å². The fourth-order valence-electron chi connectivity index (χ4n) is 2.43. The Balaban J connectivity index is 2.26. The van der Waals surface area contributed by atoms with Gasteiger partial charge in [-0.25, -0.2) is 4.98 Å². The van der Waals surface area contributed by atoms with Crippen LogP contribution in [0.1, 0.15) is 16.8 Å². The number of halogens is 5. The van der Waals surface area contributed by atoms with Crippen molar-refractivity contribution in [1.82, 2.24) is 4.98 Å². The maximum absolute atomic E-state index is 13.4. The predicted molar refractivity (Wildman–Crippen MR) is 88.7 cm³/mol. The van der Waals surface area contributed by atoms with Crippen LogP contribution in [-0.4, -0.2) is 4.98 Å². The zero-order chi connectivity index (χ0) is 16.6. The minimum absolute atomic E-state index is 0.00373. The highest BCUT2D eigenvalue weighted by Crippen LogP contribution is 2.38. The number of hydrogen-bond acceptors (Lipinski definition) is 1. The second kappa shape index (κ2) is 6.13. The minimum atomic E-state index is -4.56. The molecule has 3 aromatic rings. The van der Waals surface area contributed by atoms with Crippen molar-refractivity contribution in [2.24, 2.45) is 0 Å². The highest BCUT2D eigenvalue weighted by atomic mass is 79.9. The van der Waals surface area contributed by atoms with E-state index in [1.54, 1.807) is 36.4 Å². The molecule has 118 valence electrons. The summed E-state index contributed by atoms with van der Waals surface area (Å²) in [4.78, 5) is 3.81. The summed E-state index contributed by atoms with van der Waals surface area (Å²) in [5.41, 5.74) is 0.0375. The van der Waals surface area contributed by atoms with Gasteiger partial charge in [0.1, 0.15) is 5.69 Å². The molecule has 0 N–H and O–H groups in total. The molecule has 2 aromatic carbocycles. The van der Waals surface area contributed by atoms with Gasteiger partial charge in [-0.05, 0) is 23.8 Å². The molecule has 0 aliphatic heterocycles. The van der Waals surface area contributed by atoms with Gasteiger partial charge in [0.15, 0.2) is 0 Å². The summed E-state index contributed by atoms with van der Waals surface area (Å²) in [5.74, 6) is 0. The van der Waals surface area contributed by atoms with Crippen LogP contribution in [0.5, 0.6) is 0 Å². The predicted octanol–water partition coefficient (Wildman–Crippen LogP) is 6.26. The molecule has 0 saturated heterocycles. The molecule has 1 nitrogen and oxygen atoms in total. The van der Waals surface area contributed by atoms with E-state index < -0.39 is 11.9 Å². The number of rotatable bonds is 2. The molecule has 0 radical (unpaired) electrons. The Morgan fingerprint density at radius 2 is 1.74 bits per heavy atom. The van der Waals surface area contributed by atoms with E-state index in [0.29, 0.717) is 5.39 Å². The first-order chi connectivity index (χ1) is 10.9. The van der Waals surface area contributed by atoms with Crippen LogP contribution >= 0.6 is 27.5 Å².